The number of rotatable bonds is 4. The molecule has 1 nitrogen and oxygen atoms in total. The van der Waals surface area contributed by atoms with Gasteiger partial charge in [0, 0.05) is 23.9 Å². The quantitative estimate of drug-likeness (QED) is 0.580. The Morgan fingerprint density at radius 3 is 2.12 bits per heavy atom. The van der Waals surface area contributed by atoms with E-state index >= 15 is 0 Å². The molecule has 0 fully saturated rings. The molecule has 0 aromatic heterocycles. The molecule has 1 rings (SSSR count). The molecular formula is C11H12Cl3LiOP. The van der Waals surface area contributed by atoms with Gasteiger partial charge in [-0.1, -0.05) is 48.7 Å². The number of benzene rings is 1. The van der Waals surface area contributed by atoms with Gasteiger partial charge in [0.15, 0.2) is 5.52 Å². The first kappa shape index (κ1) is 17.8. The molecule has 0 aliphatic heterocycles. The third kappa shape index (κ3) is 5.52. The Balaban J connectivity index is 0.00000256. The van der Waals surface area contributed by atoms with Crippen LogP contribution >= 0.6 is 43.4 Å². The smallest absolute Gasteiger partial charge is 0.184 e. The van der Waals surface area contributed by atoms with Crippen LogP contribution in [0.15, 0.2) is 12.1 Å². The summed E-state index contributed by atoms with van der Waals surface area (Å²) in [4.78, 5) is 11.9. The van der Waals surface area contributed by atoms with Crippen LogP contribution in [-0.4, -0.2) is 30.5 Å². The normalized spacial score (nSPS) is 10.9. The summed E-state index contributed by atoms with van der Waals surface area (Å²) in [7, 11) is 0.202. The standard InChI is InChI=1S/C11H12Cl3OP.Li/c1-6(2)5-16-11(15)10-8(13)3-7(12)4-9(10)14;/h3-4,6,16H,5H2,1-2H3;. The first-order chi connectivity index (χ1) is 7.41. The van der Waals surface area contributed by atoms with Gasteiger partial charge in [0.2, 0.25) is 0 Å². The third-order valence-corrected chi connectivity index (χ3v) is 4.31. The minimum Gasteiger partial charge on any atom is -0.289 e. The van der Waals surface area contributed by atoms with Gasteiger partial charge >= 0.3 is 0 Å². The van der Waals surface area contributed by atoms with Gasteiger partial charge in [-0.3, -0.25) is 4.79 Å². The van der Waals surface area contributed by atoms with Gasteiger partial charge in [-0.05, 0) is 32.8 Å². The van der Waals surface area contributed by atoms with E-state index in [0.29, 0.717) is 26.5 Å². The van der Waals surface area contributed by atoms with E-state index < -0.39 is 0 Å². The van der Waals surface area contributed by atoms with Crippen molar-refractivity contribution in [2.45, 2.75) is 13.8 Å². The van der Waals surface area contributed by atoms with Gasteiger partial charge in [0.1, 0.15) is 0 Å². The number of halogens is 3. The Labute approximate surface area is 131 Å². The second kappa shape index (κ2) is 8.06. The molecule has 0 aliphatic carbocycles. The van der Waals surface area contributed by atoms with Gasteiger partial charge in [0.25, 0.3) is 0 Å². The summed E-state index contributed by atoms with van der Waals surface area (Å²) in [6.07, 6.45) is 0.855. The molecule has 0 heterocycles. The van der Waals surface area contributed by atoms with E-state index in [1.165, 1.54) is 0 Å². The van der Waals surface area contributed by atoms with Crippen molar-refractivity contribution in [3.8, 4) is 0 Å². The Morgan fingerprint density at radius 2 is 1.71 bits per heavy atom. The van der Waals surface area contributed by atoms with Crippen LogP contribution in [0.5, 0.6) is 0 Å². The Kier molecular flexibility index (Phi) is 8.43. The van der Waals surface area contributed by atoms with Crippen molar-refractivity contribution in [2.24, 2.45) is 5.92 Å². The predicted octanol–water partition coefficient (Wildman–Crippen LogP) is 4.74. The van der Waals surface area contributed by atoms with Crippen molar-refractivity contribution in [2.75, 3.05) is 6.16 Å². The fourth-order valence-corrected chi connectivity index (χ4v) is 3.33. The second-order valence-corrected chi connectivity index (χ2v) is 6.32. The molecule has 89 valence electrons. The monoisotopic (exact) mass is 303 g/mol. The maximum Gasteiger partial charge on any atom is 0.184 e. The molecule has 1 aromatic rings. The van der Waals surface area contributed by atoms with Crippen molar-refractivity contribution in [3.63, 3.8) is 0 Å². The van der Waals surface area contributed by atoms with Gasteiger partial charge < -0.3 is 0 Å². The van der Waals surface area contributed by atoms with E-state index in [4.69, 9.17) is 34.8 Å². The maximum absolute atomic E-state index is 11.9. The predicted molar refractivity (Wildman–Crippen MR) is 79.6 cm³/mol. The number of hydrogen-bond donors (Lipinski definition) is 0. The first-order valence-electron chi connectivity index (χ1n) is 4.84. The van der Waals surface area contributed by atoms with Crippen molar-refractivity contribution < 1.29 is 4.79 Å². The van der Waals surface area contributed by atoms with Crippen LogP contribution in [-0.2, 0) is 0 Å². The van der Waals surface area contributed by atoms with Gasteiger partial charge in [-0.25, -0.2) is 0 Å². The average Bonchev–Trinajstić information content (AvgIpc) is 2.12. The van der Waals surface area contributed by atoms with Crippen molar-refractivity contribution in [1.82, 2.24) is 0 Å². The zero-order valence-electron chi connectivity index (χ0n) is 9.98. The molecule has 0 aliphatic rings. The molecular weight excluding hydrogens is 292 g/mol. The molecule has 0 N–H and O–H groups in total. The fraction of sp³-hybridized carbons (Fsp3) is 0.364. The molecule has 0 amide bonds. The van der Waals surface area contributed by atoms with Crippen molar-refractivity contribution in [3.05, 3.63) is 32.8 Å². The zero-order valence-corrected chi connectivity index (χ0v) is 13.2. The molecule has 0 saturated carbocycles. The number of carbonyl (C=O) groups is 1. The van der Waals surface area contributed by atoms with E-state index in [-0.39, 0.29) is 33.0 Å². The summed E-state index contributed by atoms with van der Waals surface area (Å²) in [6, 6.07) is 3.09. The van der Waals surface area contributed by atoms with Crippen LogP contribution in [0, 0.1) is 5.92 Å². The summed E-state index contributed by atoms with van der Waals surface area (Å²) >= 11 is 17.7. The molecule has 17 heavy (non-hydrogen) atoms. The van der Waals surface area contributed by atoms with Gasteiger partial charge in [-0.15, -0.1) is 0 Å². The Hall–Kier alpha value is 0.787. The van der Waals surface area contributed by atoms with Crippen LogP contribution in [0.2, 0.25) is 15.1 Å². The topological polar surface area (TPSA) is 17.1 Å². The van der Waals surface area contributed by atoms with E-state index in [1.807, 2.05) is 0 Å². The van der Waals surface area contributed by atoms with Crippen LogP contribution in [0.1, 0.15) is 24.2 Å². The Morgan fingerprint density at radius 1 is 1.24 bits per heavy atom. The van der Waals surface area contributed by atoms with Crippen LogP contribution in [0.4, 0.5) is 0 Å². The summed E-state index contributed by atoms with van der Waals surface area (Å²) in [5.41, 5.74) is 0.395. The average molecular weight is 304 g/mol. The van der Waals surface area contributed by atoms with E-state index in [0.717, 1.165) is 6.16 Å². The van der Waals surface area contributed by atoms with E-state index in [9.17, 15) is 4.79 Å². The van der Waals surface area contributed by atoms with Crippen molar-refractivity contribution in [1.29, 1.82) is 0 Å². The molecule has 6 heteroatoms. The van der Waals surface area contributed by atoms with Crippen molar-refractivity contribution >= 4 is 67.8 Å². The molecule has 1 unspecified atom stereocenters. The molecule has 0 saturated heterocycles. The zero-order chi connectivity index (χ0) is 12.3. The van der Waals surface area contributed by atoms with Crippen LogP contribution < -0.4 is 0 Å². The number of carbonyl (C=O) groups excluding carboxylic acids is 1. The minimum atomic E-state index is 0. The van der Waals surface area contributed by atoms with Crippen LogP contribution in [0.25, 0.3) is 0 Å². The maximum atomic E-state index is 11.9. The van der Waals surface area contributed by atoms with Gasteiger partial charge in [0.05, 0.1) is 15.6 Å². The molecule has 0 bridgehead atoms. The SMILES string of the molecule is CC(C)CPC(=O)c1c(Cl)cc(Cl)cc1Cl.[Li]. The summed E-state index contributed by atoms with van der Waals surface area (Å²) in [5.74, 6) is 0.493. The molecule has 1 aromatic carbocycles. The first-order valence-corrected chi connectivity index (χ1v) is 7.18. The molecule has 0 spiro atoms. The fourth-order valence-electron chi connectivity index (χ4n) is 1.14. The third-order valence-electron chi connectivity index (χ3n) is 1.90. The largest absolute Gasteiger partial charge is 0.289 e. The summed E-state index contributed by atoms with van der Waals surface area (Å²) < 4.78 is 0. The number of hydrogen-bond acceptors (Lipinski definition) is 1. The minimum absolute atomic E-state index is 0. The van der Waals surface area contributed by atoms with Crippen LogP contribution in [0.3, 0.4) is 0 Å². The van der Waals surface area contributed by atoms with Gasteiger partial charge in [-0.2, -0.15) is 0 Å². The summed E-state index contributed by atoms with van der Waals surface area (Å²) in [5, 5.41) is 1.11. The second-order valence-electron chi connectivity index (χ2n) is 3.85. The summed E-state index contributed by atoms with van der Waals surface area (Å²) in [6.45, 7) is 4.15. The van der Waals surface area contributed by atoms with E-state index in [1.54, 1.807) is 12.1 Å². The van der Waals surface area contributed by atoms with E-state index in [2.05, 4.69) is 13.8 Å². The molecule has 1 radical (unpaired) electrons. The Bertz CT molecular complexity index is 387. The molecule has 1 atom stereocenters.